The van der Waals surface area contributed by atoms with Gasteiger partial charge >= 0.3 is 0 Å². The summed E-state index contributed by atoms with van der Waals surface area (Å²) >= 11 is 2.12. The Bertz CT molecular complexity index is 351. The van der Waals surface area contributed by atoms with E-state index in [0.717, 1.165) is 19.6 Å². The van der Waals surface area contributed by atoms with E-state index in [0.29, 0.717) is 11.3 Å². The van der Waals surface area contributed by atoms with Gasteiger partial charge in [-0.25, -0.2) is 0 Å². The zero-order valence-corrected chi connectivity index (χ0v) is 15.0. The van der Waals surface area contributed by atoms with Crippen molar-refractivity contribution < 1.29 is 0 Å². The summed E-state index contributed by atoms with van der Waals surface area (Å²) in [5.41, 5.74) is 1.42. The summed E-state index contributed by atoms with van der Waals surface area (Å²) in [6.45, 7) is 13.5. The van der Waals surface area contributed by atoms with Crippen molar-refractivity contribution in [1.29, 1.82) is 0 Å². The van der Waals surface area contributed by atoms with E-state index in [9.17, 15) is 0 Å². The van der Waals surface area contributed by atoms with E-state index in [1.165, 1.54) is 24.3 Å². The lowest BCUT2D eigenvalue weighted by molar-refractivity contribution is 0.323. The monoisotopic (exact) mass is 308 g/mol. The van der Waals surface area contributed by atoms with E-state index in [-0.39, 0.29) is 0 Å². The van der Waals surface area contributed by atoms with Gasteiger partial charge in [0.25, 0.3) is 0 Å². The SMILES string of the molecule is CCNC(c1ccccc1)C(CC)SCCN(CC)CC. The predicted molar refractivity (Wildman–Crippen MR) is 97.2 cm³/mol. The van der Waals surface area contributed by atoms with Crippen LogP contribution in [0.3, 0.4) is 0 Å². The molecule has 0 bridgehead atoms. The first kappa shape index (κ1) is 18.5. The second kappa shape index (κ2) is 11.1. The van der Waals surface area contributed by atoms with Crippen molar-refractivity contribution in [3.8, 4) is 0 Å². The van der Waals surface area contributed by atoms with Crippen molar-refractivity contribution in [2.24, 2.45) is 0 Å². The normalized spacial score (nSPS) is 14.3. The lowest BCUT2D eigenvalue weighted by atomic mass is 10.0. The summed E-state index contributed by atoms with van der Waals surface area (Å²) in [4.78, 5) is 2.50. The number of rotatable bonds is 11. The van der Waals surface area contributed by atoms with Crippen LogP contribution in [0.5, 0.6) is 0 Å². The van der Waals surface area contributed by atoms with Gasteiger partial charge in [-0.3, -0.25) is 0 Å². The Balaban J connectivity index is 2.61. The van der Waals surface area contributed by atoms with Crippen molar-refractivity contribution in [2.45, 2.75) is 45.4 Å². The molecule has 2 atom stereocenters. The molecular formula is C18H32N2S. The first-order valence-electron chi connectivity index (χ1n) is 8.38. The molecule has 0 aliphatic heterocycles. The summed E-state index contributed by atoms with van der Waals surface area (Å²) < 4.78 is 0. The molecule has 0 saturated heterocycles. The third kappa shape index (κ3) is 6.41. The van der Waals surface area contributed by atoms with Crippen LogP contribution in [0.2, 0.25) is 0 Å². The molecule has 0 spiro atoms. The Labute approximate surface area is 135 Å². The minimum atomic E-state index is 0.461. The van der Waals surface area contributed by atoms with Gasteiger partial charge in [0, 0.05) is 23.6 Å². The van der Waals surface area contributed by atoms with E-state index in [4.69, 9.17) is 0 Å². The smallest absolute Gasteiger partial charge is 0.0440 e. The lowest BCUT2D eigenvalue weighted by Gasteiger charge is -2.28. The Morgan fingerprint density at radius 3 is 2.24 bits per heavy atom. The second-order valence-electron chi connectivity index (χ2n) is 5.29. The highest BCUT2D eigenvalue weighted by molar-refractivity contribution is 7.99. The molecule has 0 radical (unpaired) electrons. The quantitative estimate of drug-likeness (QED) is 0.660. The first-order chi connectivity index (χ1) is 10.3. The molecule has 21 heavy (non-hydrogen) atoms. The molecule has 0 fully saturated rings. The molecule has 120 valence electrons. The van der Waals surface area contributed by atoms with Crippen molar-refractivity contribution in [3.63, 3.8) is 0 Å². The number of thioether (sulfide) groups is 1. The van der Waals surface area contributed by atoms with Crippen LogP contribution in [0.4, 0.5) is 0 Å². The summed E-state index contributed by atoms with van der Waals surface area (Å²) in [7, 11) is 0. The van der Waals surface area contributed by atoms with E-state index in [2.05, 4.69) is 80.0 Å². The Morgan fingerprint density at radius 2 is 1.71 bits per heavy atom. The van der Waals surface area contributed by atoms with E-state index >= 15 is 0 Å². The van der Waals surface area contributed by atoms with Crippen molar-refractivity contribution >= 4 is 11.8 Å². The highest BCUT2D eigenvalue weighted by Crippen LogP contribution is 2.29. The van der Waals surface area contributed by atoms with Crippen LogP contribution in [-0.2, 0) is 0 Å². The van der Waals surface area contributed by atoms with Crippen LogP contribution < -0.4 is 5.32 Å². The summed E-state index contributed by atoms with van der Waals surface area (Å²) in [6.07, 6.45) is 1.20. The van der Waals surface area contributed by atoms with Crippen LogP contribution in [0, 0.1) is 0 Å². The molecular weight excluding hydrogens is 276 g/mol. The van der Waals surface area contributed by atoms with Gasteiger partial charge in [0.2, 0.25) is 0 Å². The molecule has 0 amide bonds. The zero-order chi connectivity index (χ0) is 15.5. The van der Waals surface area contributed by atoms with Crippen LogP contribution in [0.15, 0.2) is 30.3 Å². The highest BCUT2D eigenvalue weighted by atomic mass is 32.2. The molecule has 1 aromatic carbocycles. The van der Waals surface area contributed by atoms with Gasteiger partial charge in [0.15, 0.2) is 0 Å². The topological polar surface area (TPSA) is 15.3 Å². The van der Waals surface area contributed by atoms with Gasteiger partial charge in [-0.1, -0.05) is 58.0 Å². The van der Waals surface area contributed by atoms with Crippen LogP contribution >= 0.6 is 11.8 Å². The predicted octanol–water partition coefficient (Wildman–Crippen LogP) is 4.19. The van der Waals surface area contributed by atoms with Gasteiger partial charge in [-0.05, 0) is 31.6 Å². The third-order valence-electron chi connectivity index (χ3n) is 3.99. The lowest BCUT2D eigenvalue weighted by Crippen LogP contribution is -2.31. The Morgan fingerprint density at radius 1 is 1.05 bits per heavy atom. The van der Waals surface area contributed by atoms with Gasteiger partial charge in [-0.2, -0.15) is 11.8 Å². The molecule has 0 saturated carbocycles. The van der Waals surface area contributed by atoms with E-state index < -0.39 is 0 Å². The minimum Gasteiger partial charge on any atom is -0.309 e. The van der Waals surface area contributed by atoms with E-state index in [1.54, 1.807) is 0 Å². The Hall–Kier alpha value is -0.510. The molecule has 0 aliphatic carbocycles. The van der Waals surface area contributed by atoms with Gasteiger partial charge in [0.1, 0.15) is 0 Å². The molecule has 2 unspecified atom stereocenters. The largest absolute Gasteiger partial charge is 0.309 e. The average molecular weight is 309 g/mol. The van der Waals surface area contributed by atoms with Crippen LogP contribution in [0.1, 0.15) is 45.7 Å². The summed E-state index contributed by atoms with van der Waals surface area (Å²) in [5, 5.41) is 4.32. The van der Waals surface area contributed by atoms with Crippen molar-refractivity contribution in [1.82, 2.24) is 10.2 Å². The third-order valence-corrected chi connectivity index (χ3v) is 5.44. The fourth-order valence-corrected chi connectivity index (χ4v) is 4.01. The molecule has 0 heterocycles. The fourth-order valence-electron chi connectivity index (χ4n) is 2.67. The number of nitrogens with one attached hydrogen (secondary N) is 1. The van der Waals surface area contributed by atoms with Crippen LogP contribution in [-0.4, -0.2) is 42.1 Å². The molecule has 0 aromatic heterocycles. The number of benzene rings is 1. The number of hydrogen-bond donors (Lipinski definition) is 1. The van der Waals surface area contributed by atoms with Crippen molar-refractivity contribution in [3.05, 3.63) is 35.9 Å². The fraction of sp³-hybridized carbons (Fsp3) is 0.667. The van der Waals surface area contributed by atoms with Crippen molar-refractivity contribution in [2.75, 3.05) is 31.9 Å². The molecule has 3 heteroatoms. The minimum absolute atomic E-state index is 0.461. The number of nitrogens with zero attached hydrogens (tertiary/aromatic N) is 1. The molecule has 1 aromatic rings. The molecule has 2 nitrogen and oxygen atoms in total. The molecule has 1 rings (SSSR count). The molecule has 1 N–H and O–H groups in total. The van der Waals surface area contributed by atoms with Gasteiger partial charge < -0.3 is 10.2 Å². The molecule has 0 aliphatic rings. The van der Waals surface area contributed by atoms with Crippen LogP contribution in [0.25, 0.3) is 0 Å². The highest BCUT2D eigenvalue weighted by Gasteiger charge is 2.21. The zero-order valence-electron chi connectivity index (χ0n) is 14.1. The Kier molecular flexibility index (Phi) is 9.81. The van der Waals surface area contributed by atoms with Gasteiger partial charge in [-0.15, -0.1) is 0 Å². The number of hydrogen-bond acceptors (Lipinski definition) is 3. The first-order valence-corrected chi connectivity index (χ1v) is 9.43. The van der Waals surface area contributed by atoms with Gasteiger partial charge in [0.05, 0.1) is 0 Å². The van der Waals surface area contributed by atoms with E-state index in [1.807, 2.05) is 0 Å². The average Bonchev–Trinajstić information content (AvgIpc) is 2.54. The summed E-state index contributed by atoms with van der Waals surface area (Å²) in [6, 6.07) is 11.4. The second-order valence-corrected chi connectivity index (χ2v) is 6.64. The maximum Gasteiger partial charge on any atom is 0.0440 e. The standard InChI is InChI=1S/C18H32N2S/c1-5-17(21-15-14-20(7-3)8-4)18(19-6-2)16-12-10-9-11-13-16/h9-13,17-19H,5-8,14-15H2,1-4H3. The maximum atomic E-state index is 3.68. The maximum absolute atomic E-state index is 3.68. The summed E-state index contributed by atoms with van der Waals surface area (Å²) in [5.74, 6) is 1.22.